The highest BCUT2D eigenvalue weighted by Gasteiger charge is 2.46. The Bertz CT molecular complexity index is 1070. The molecule has 0 aromatic heterocycles. The number of carbonyl (C=O) groups is 2. The third-order valence-electron chi connectivity index (χ3n) is 7.45. The zero-order valence-corrected chi connectivity index (χ0v) is 20.5. The molecule has 2 fully saturated rings. The van der Waals surface area contributed by atoms with Crippen molar-refractivity contribution in [3.63, 3.8) is 0 Å². The van der Waals surface area contributed by atoms with Crippen molar-refractivity contribution in [2.75, 3.05) is 25.1 Å². The number of rotatable bonds is 7. The monoisotopic (exact) mass is 494 g/mol. The Hall–Kier alpha value is -2.94. The van der Waals surface area contributed by atoms with Crippen LogP contribution in [0.5, 0.6) is 5.75 Å². The van der Waals surface area contributed by atoms with Crippen LogP contribution >= 0.6 is 0 Å². The second kappa shape index (κ2) is 11.0. The van der Waals surface area contributed by atoms with Crippen LogP contribution in [0.1, 0.15) is 55.7 Å². The molecule has 3 N–H and O–H groups in total. The number of hydrogen-bond acceptors (Lipinski definition) is 6. The summed E-state index contributed by atoms with van der Waals surface area (Å²) in [5.74, 6) is 0.576. The average Bonchev–Trinajstić information content (AvgIpc) is 3.27. The third kappa shape index (κ3) is 5.40. The third-order valence-corrected chi connectivity index (χ3v) is 7.45. The van der Waals surface area contributed by atoms with Crippen LogP contribution < -0.4 is 15.4 Å². The molecule has 3 aliphatic heterocycles. The normalized spacial score (nSPS) is 26.3. The molecular weight excluding hydrogens is 460 g/mol. The van der Waals surface area contributed by atoms with E-state index in [9.17, 15) is 14.7 Å². The molecule has 8 heteroatoms. The largest absolute Gasteiger partial charge is 0.487 e. The van der Waals surface area contributed by atoms with Crippen molar-refractivity contribution in [3.05, 3.63) is 59.7 Å². The number of aliphatic hydroxyl groups excluding tert-OH is 1. The summed E-state index contributed by atoms with van der Waals surface area (Å²) in [4.78, 5) is 25.5. The van der Waals surface area contributed by atoms with Crippen LogP contribution in [0, 0.1) is 5.92 Å². The predicted molar refractivity (Wildman–Crippen MR) is 134 cm³/mol. The second-order valence-electron chi connectivity index (χ2n) is 9.94. The van der Waals surface area contributed by atoms with Gasteiger partial charge in [-0.15, -0.1) is 0 Å². The molecule has 5 atom stereocenters. The van der Waals surface area contributed by atoms with E-state index in [4.69, 9.17) is 14.2 Å². The summed E-state index contributed by atoms with van der Waals surface area (Å²) in [5.41, 5.74) is 2.75. The highest BCUT2D eigenvalue weighted by molar-refractivity contribution is 5.92. The van der Waals surface area contributed by atoms with Gasteiger partial charge in [0, 0.05) is 36.3 Å². The Kier molecular flexibility index (Phi) is 7.55. The van der Waals surface area contributed by atoms with E-state index in [1.165, 1.54) is 0 Å². The zero-order chi connectivity index (χ0) is 25.1. The molecule has 0 bridgehead atoms. The molecule has 0 unspecified atom stereocenters. The molecular formula is C28H34N2O6. The molecule has 0 radical (unpaired) electrons. The molecule has 2 amide bonds. The van der Waals surface area contributed by atoms with Crippen LogP contribution in [-0.4, -0.2) is 55.1 Å². The number of nitrogens with one attached hydrogen (secondary N) is 2. The minimum absolute atomic E-state index is 0.0102. The van der Waals surface area contributed by atoms with Crippen molar-refractivity contribution in [1.82, 2.24) is 5.32 Å². The molecule has 3 heterocycles. The maximum atomic E-state index is 12.8. The van der Waals surface area contributed by atoms with E-state index >= 15 is 0 Å². The van der Waals surface area contributed by atoms with Crippen LogP contribution in [0.2, 0.25) is 0 Å². The minimum atomic E-state index is -0.527. The first-order chi connectivity index (χ1) is 17.5. The molecule has 3 aliphatic rings. The maximum Gasteiger partial charge on any atom is 0.227 e. The first-order valence-corrected chi connectivity index (χ1v) is 12.8. The highest BCUT2D eigenvalue weighted by atomic mass is 16.6. The van der Waals surface area contributed by atoms with Gasteiger partial charge in [-0.05, 0) is 49.9 Å². The van der Waals surface area contributed by atoms with E-state index in [-0.39, 0.29) is 54.9 Å². The zero-order valence-electron chi connectivity index (χ0n) is 20.5. The summed E-state index contributed by atoms with van der Waals surface area (Å²) in [6, 6.07) is 15.4. The van der Waals surface area contributed by atoms with Gasteiger partial charge in [0.15, 0.2) is 0 Å². The van der Waals surface area contributed by atoms with E-state index in [1.54, 1.807) is 0 Å². The summed E-state index contributed by atoms with van der Waals surface area (Å²) in [7, 11) is 0. The summed E-state index contributed by atoms with van der Waals surface area (Å²) in [5, 5.41) is 16.1. The van der Waals surface area contributed by atoms with Crippen LogP contribution in [0.3, 0.4) is 0 Å². The summed E-state index contributed by atoms with van der Waals surface area (Å²) in [6.45, 7) is 2.99. The highest BCUT2D eigenvalue weighted by Crippen LogP contribution is 2.47. The van der Waals surface area contributed by atoms with E-state index < -0.39 is 6.10 Å². The van der Waals surface area contributed by atoms with Gasteiger partial charge in [-0.1, -0.05) is 30.3 Å². The Morgan fingerprint density at radius 3 is 2.64 bits per heavy atom. The number of anilines is 1. The fourth-order valence-electron chi connectivity index (χ4n) is 5.50. The number of ether oxygens (including phenoxy) is 3. The van der Waals surface area contributed by atoms with Gasteiger partial charge in [-0.25, -0.2) is 0 Å². The van der Waals surface area contributed by atoms with E-state index in [0.717, 1.165) is 35.4 Å². The summed E-state index contributed by atoms with van der Waals surface area (Å²) in [6.07, 6.45) is 1.06. The van der Waals surface area contributed by atoms with Gasteiger partial charge in [0.25, 0.3) is 0 Å². The van der Waals surface area contributed by atoms with Crippen molar-refractivity contribution >= 4 is 17.5 Å². The number of carbonyl (C=O) groups excluding carboxylic acids is 2. The predicted octanol–water partition coefficient (Wildman–Crippen LogP) is 3.31. The number of hydrogen-bond donors (Lipinski definition) is 3. The lowest BCUT2D eigenvalue weighted by Crippen LogP contribution is -2.47. The van der Waals surface area contributed by atoms with Crippen molar-refractivity contribution in [2.24, 2.45) is 5.92 Å². The van der Waals surface area contributed by atoms with Crippen molar-refractivity contribution in [3.8, 4) is 5.75 Å². The SMILES string of the molecule is C[C@@H](NC(=O)C[C@@H]1C[C@H]2c3cc(NC(=O)C4CCOCC4)ccc3O[C@H]2[C@@H](CO)O1)c1ccccc1. The van der Waals surface area contributed by atoms with Crippen molar-refractivity contribution in [2.45, 2.75) is 62.9 Å². The van der Waals surface area contributed by atoms with Crippen LogP contribution in [0.25, 0.3) is 0 Å². The lowest BCUT2D eigenvalue weighted by molar-refractivity contribution is -0.142. The molecule has 5 rings (SSSR count). The summed E-state index contributed by atoms with van der Waals surface area (Å²) >= 11 is 0. The Morgan fingerprint density at radius 2 is 1.89 bits per heavy atom. The topological polar surface area (TPSA) is 106 Å². The van der Waals surface area contributed by atoms with Gasteiger partial charge >= 0.3 is 0 Å². The van der Waals surface area contributed by atoms with E-state index in [1.807, 2.05) is 55.5 Å². The molecule has 2 aromatic carbocycles. The first-order valence-electron chi connectivity index (χ1n) is 12.8. The smallest absolute Gasteiger partial charge is 0.227 e. The quantitative estimate of drug-likeness (QED) is 0.545. The number of amides is 2. The summed E-state index contributed by atoms with van der Waals surface area (Å²) < 4.78 is 17.6. The van der Waals surface area contributed by atoms with E-state index in [2.05, 4.69) is 10.6 Å². The molecule has 192 valence electrons. The molecule has 8 nitrogen and oxygen atoms in total. The van der Waals surface area contributed by atoms with Gasteiger partial charge in [0.2, 0.25) is 11.8 Å². The molecule has 36 heavy (non-hydrogen) atoms. The number of aliphatic hydroxyl groups is 1. The fraction of sp³-hybridized carbons (Fsp3) is 0.500. The molecule has 0 saturated carbocycles. The van der Waals surface area contributed by atoms with Crippen molar-refractivity contribution < 1.29 is 28.9 Å². The second-order valence-corrected chi connectivity index (χ2v) is 9.94. The molecule has 2 saturated heterocycles. The first kappa shape index (κ1) is 24.7. The van der Waals surface area contributed by atoms with Gasteiger partial charge in [0.1, 0.15) is 18.0 Å². The standard InChI is InChI=1S/C28H34N2O6/c1-17(18-5-3-2-4-6-18)29-26(32)15-21-14-23-22-13-20(30-28(33)19-9-11-34-12-10-19)7-8-24(22)36-27(23)25(16-31)35-21/h2-8,13,17,19,21,23,25,27,31H,9-12,14-16H2,1H3,(H,29,32)(H,30,33)/t17-,21+,23+,25-,27-/m1/s1. The maximum absolute atomic E-state index is 12.8. The lowest BCUT2D eigenvalue weighted by Gasteiger charge is -2.37. The Balaban J connectivity index is 1.25. The van der Waals surface area contributed by atoms with Gasteiger partial charge in [-0.2, -0.15) is 0 Å². The van der Waals surface area contributed by atoms with Gasteiger partial charge in [0.05, 0.1) is 25.2 Å². The van der Waals surface area contributed by atoms with Crippen LogP contribution in [-0.2, 0) is 19.1 Å². The van der Waals surface area contributed by atoms with Gasteiger partial charge < -0.3 is 30.0 Å². The molecule has 2 aromatic rings. The Labute approximate surface area is 211 Å². The molecule has 0 aliphatic carbocycles. The molecule has 0 spiro atoms. The van der Waals surface area contributed by atoms with Gasteiger partial charge in [-0.3, -0.25) is 9.59 Å². The van der Waals surface area contributed by atoms with Crippen LogP contribution in [0.4, 0.5) is 5.69 Å². The fourth-order valence-corrected chi connectivity index (χ4v) is 5.50. The van der Waals surface area contributed by atoms with Crippen molar-refractivity contribution in [1.29, 1.82) is 0 Å². The van der Waals surface area contributed by atoms with Crippen LogP contribution in [0.15, 0.2) is 48.5 Å². The number of benzene rings is 2. The minimum Gasteiger partial charge on any atom is -0.487 e. The number of fused-ring (bicyclic) bond motifs is 3. The lowest BCUT2D eigenvalue weighted by atomic mass is 9.84. The van der Waals surface area contributed by atoms with E-state index in [0.29, 0.717) is 19.6 Å². The Morgan fingerprint density at radius 1 is 1.11 bits per heavy atom. The average molecular weight is 495 g/mol.